The number of carbonyl (C=O) groups excluding carboxylic acids is 3. The summed E-state index contributed by atoms with van der Waals surface area (Å²) in [6.07, 6.45) is 1.90. The van der Waals surface area contributed by atoms with E-state index in [1.165, 1.54) is 5.01 Å². The number of hydrogen-bond donors (Lipinski definition) is 5. The number of ether oxygens (including phenoxy) is 1. The topological polar surface area (TPSA) is 218 Å². The van der Waals surface area contributed by atoms with Crippen LogP contribution in [0.5, 0.6) is 0 Å². The van der Waals surface area contributed by atoms with Crippen LogP contribution in [0.2, 0.25) is 0 Å². The molecule has 2 amide bonds. The lowest BCUT2D eigenvalue weighted by Gasteiger charge is -2.43. The van der Waals surface area contributed by atoms with Gasteiger partial charge in [0.1, 0.15) is 17.9 Å². The Morgan fingerprint density at radius 2 is 1.78 bits per heavy atom. The number of aliphatic imine (C=N–C) groups is 1. The lowest BCUT2D eigenvalue weighted by Crippen LogP contribution is -2.58. The monoisotopic (exact) mass is 544 g/mol. The second-order valence-corrected chi connectivity index (χ2v) is 9.95. The summed E-state index contributed by atoms with van der Waals surface area (Å²) in [6, 6.07) is 8.27. The van der Waals surface area contributed by atoms with Gasteiger partial charge >= 0.3 is 16.5 Å². The lowest BCUT2D eigenvalue weighted by atomic mass is 10.00. The Morgan fingerprint density at radius 3 is 2.22 bits per heavy atom. The molecule has 1 fully saturated rings. The summed E-state index contributed by atoms with van der Waals surface area (Å²) in [5.41, 5.74) is 11.4. The van der Waals surface area contributed by atoms with Crippen molar-refractivity contribution in [3.05, 3.63) is 35.9 Å². The zero-order chi connectivity index (χ0) is 28.2. The Kier molecular flexibility index (Phi) is 12.6. The molecule has 1 saturated heterocycles. The Bertz CT molecular complexity index is 1020. The van der Waals surface area contributed by atoms with Crippen LogP contribution in [0.25, 0.3) is 0 Å². The molecule has 14 nitrogen and oxygen atoms in total. The first-order valence-electron chi connectivity index (χ1n) is 11.4. The SMILES string of the molecule is CC(C)(C)OC(=O)N([C@H](C=O)CCC(N=C(N)NC(=O)CN)c1ccccc1)N1CCC1.O=S(=O)(O)O. The van der Waals surface area contributed by atoms with Gasteiger partial charge in [-0.3, -0.25) is 19.2 Å². The molecule has 2 atom stereocenters. The van der Waals surface area contributed by atoms with E-state index in [2.05, 4.69) is 10.3 Å². The number of amides is 2. The van der Waals surface area contributed by atoms with E-state index in [-0.39, 0.29) is 12.5 Å². The van der Waals surface area contributed by atoms with E-state index < -0.39 is 40.1 Å². The predicted molar refractivity (Wildman–Crippen MR) is 136 cm³/mol. The summed E-state index contributed by atoms with van der Waals surface area (Å²) in [5.74, 6) is -0.499. The summed E-state index contributed by atoms with van der Waals surface area (Å²) in [5, 5.41) is 5.67. The molecule has 0 spiro atoms. The van der Waals surface area contributed by atoms with Crippen LogP contribution in [0.1, 0.15) is 51.6 Å². The summed E-state index contributed by atoms with van der Waals surface area (Å²) in [6.45, 7) is 6.51. The van der Waals surface area contributed by atoms with Crippen LogP contribution in [-0.2, 0) is 24.7 Å². The first-order valence-corrected chi connectivity index (χ1v) is 12.8. The average molecular weight is 545 g/mol. The van der Waals surface area contributed by atoms with Gasteiger partial charge < -0.3 is 21.0 Å². The first kappa shape index (κ1) is 31.9. The molecule has 208 valence electrons. The van der Waals surface area contributed by atoms with E-state index >= 15 is 0 Å². The minimum atomic E-state index is -4.67. The number of carbonyl (C=O) groups is 3. The first-order chi connectivity index (χ1) is 17.1. The van der Waals surface area contributed by atoms with Crippen LogP contribution in [0.4, 0.5) is 4.79 Å². The van der Waals surface area contributed by atoms with Crippen LogP contribution in [0.3, 0.4) is 0 Å². The fourth-order valence-corrected chi connectivity index (χ4v) is 3.24. The highest BCUT2D eigenvalue weighted by molar-refractivity contribution is 7.79. The number of nitrogens with two attached hydrogens (primary N) is 2. The molecule has 0 saturated carbocycles. The van der Waals surface area contributed by atoms with E-state index in [9.17, 15) is 14.4 Å². The quantitative estimate of drug-likeness (QED) is 0.126. The van der Waals surface area contributed by atoms with E-state index in [1.807, 2.05) is 35.3 Å². The maximum absolute atomic E-state index is 12.8. The molecule has 0 aliphatic carbocycles. The van der Waals surface area contributed by atoms with Crippen LogP contribution in [-0.4, -0.2) is 83.1 Å². The average Bonchev–Trinajstić information content (AvgIpc) is 2.74. The van der Waals surface area contributed by atoms with E-state index in [0.717, 1.165) is 18.3 Å². The highest BCUT2D eigenvalue weighted by Gasteiger charge is 2.35. The van der Waals surface area contributed by atoms with Gasteiger partial charge in [0.2, 0.25) is 5.91 Å². The van der Waals surface area contributed by atoms with Gasteiger partial charge in [0.15, 0.2) is 5.96 Å². The Labute approximate surface area is 216 Å². The molecule has 1 aliphatic heterocycles. The lowest BCUT2D eigenvalue weighted by molar-refractivity contribution is -0.130. The smallest absolute Gasteiger partial charge is 0.425 e. The zero-order valence-electron chi connectivity index (χ0n) is 21.1. The Hall–Kier alpha value is -3.11. The predicted octanol–water partition coefficient (Wildman–Crippen LogP) is 0.670. The molecule has 37 heavy (non-hydrogen) atoms. The third-order valence-corrected chi connectivity index (χ3v) is 4.86. The maximum atomic E-state index is 12.8. The summed E-state index contributed by atoms with van der Waals surface area (Å²) in [4.78, 5) is 40.8. The Morgan fingerprint density at radius 1 is 1.22 bits per heavy atom. The highest BCUT2D eigenvalue weighted by atomic mass is 32.3. The van der Waals surface area contributed by atoms with Crippen molar-refractivity contribution in [1.82, 2.24) is 15.3 Å². The van der Waals surface area contributed by atoms with E-state index in [1.54, 1.807) is 20.8 Å². The molecule has 1 aromatic carbocycles. The minimum Gasteiger partial charge on any atom is -0.443 e. The maximum Gasteiger partial charge on any atom is 0.425 e. The number of benzene rings is 1. The second-order valence-electron chi connectivity index (χ2n) is 9.05. The fourth-order valence-electron chi connectivity index (χ4n) is 3.24. The minimum absolute atomic E-state index is 0.0521. The van der Waals surface area contributed by atoms with Gasteiger partial charge in [-0.2, -0.15) is 8.42 Å². The number of guanidine groups is 1. The van der Waals surface area contributed by atoms with Gasteiger partial charge in [-0.05, 0) is 45.6 Å². The van der Waals surface area contributed by atoms with Crippen LogP contribution in [0.15, 0.2) is 35.3 Å². The van der Waals surface area contributed by atoms with Crippen molar-refractivity contribution in [2.75, 3.05) is 19.6 Å². The summed E-state index contributed by atoms with van der Waals surface area (Å²) >= 11 is 0. The highest BCUT2D eigenvalue weighted by Crippen LogP contribution is 2.26. The third-order valence-electron chi connectivity index (χ3n) is 4.86. The molecule has 15 heteroatoms. The molecule has 1 aliphatic rings. The van der Waals surface area contributed by atoms with Gasteiger partial charge in [0.25, 0.3) is 0 Å². The number of hydrogen-bond acceptors (Lipinski definition) is 9. The zero-order valence-corrected chi connectivity index (χ0v) is 21.9. The van der Waals surface area contributed by atoms with Crippen molar-refractivity contribution >= 4 is 34.6 Å². The van der Waals surface area contributed by atoms with Crippen LogP contribution in [0, 0.1) is 0 Å². The van der Waals surface area contributed by atoms with Crippen LogP contribution < -0.4 is 16.8 Å². The van der Waals surface area contributed by atoms with Gasteiger partial charge in [-0.15, -0.1) is 0 Å². The largest absolute Gasteiger partial charge is 0.443 e. The summed E-state index contributed by atoms with van der Waals surface area (Å²) < 4.78 is 37.1. The third kappa shape index (κ3) is 13.1. The van der Waals surface area contributed by atoms with Gasteiger partial charge in [0.05, 0.1) is 12.6 Å². The molecule has 0 aromatic heterocycles. The molecule has 2 rings (SSSR count). The van der Waals surface area contributed by atoms with Crippen molar-refractivity contribution in [3.63, 3.8) is 0 Å². The fraction of sp³-hybridized carbons (Fsp3) is 0.545. The van der Waals surface area contributed by atoms with Gasteiger partial charge in [-0.1, -0.05) is 30.3 Å². The molecular weight excluding hydrogens is 508 g/mol. The molecule has 1 unspecified atom stereocenters. The van der Waals surface area contributed by atoms with Crippen molar-refractivity contribution in [2.45, 2.75) is 57.7 Å². The van der Waals surface area contributed by atoms with Crippen LogP contribution >= 0.6 is 0 Å². The molecule has 0 radical (unpaired) electrons. The number of aldehydes is 1. The number of rotatable bonds is 9. The van der Waals surface area contributed by atoms with Crippen molar-refractivity contribution < 1.29 is 36.6 Å². The van der Waals surface area contributed by atoms with E-state index in [4.69, 9.17) is 33.7 Å². The molecule has 0 bridgehead atoms. The molecule has 1 heterocycles. The standard InChI is InChI=1S/C22H34N6O4.H2O4S/c1-22(2,3)32-21(31)28(27-12-7-13-27)17(15-29)10-11-18(16-8-5-4-6-9-16)25-20(24)26-19(30)14-23;1-5(2,3)4/h4-6,8-9,15,17-18H,7,10-14,23H2,1-3H3,(H3,24,25,26,30);(H2,1,2,3,4)/t17-,18?;/m0./s1. The number of hydrazine groups is 1. The van der Waals surface area contributed by atoms with Crippen molar-refractivity contribution in [3.8, 4) is 0 Å². The van der Waals surface area contributed by atoms with Gasteiger partial charge in [-0.25, -0.2) is 19.8 Å². The van der Waals surface area contributed by atoms with Crippen molar-refractivity contribution in [1.29, 1.82) is 0 Å². The summed E-state index contributed by atoms with van der Waals surface area (Å²) in [7, 11) is -4.67. The molecular formula is C22H36N6O8S. The number of nitrogens with zero attached hydrogens (tertiary/aromatic N) is 3. The van der Waals surface area contributed by atoms with Crippen molar-refractivity contribution in [2.24, 2.45) is 16.5 Å². The Balaban J connectivity index is 0.00000124. The normalized spacial score (nSPS) is 15.8. The van der Waals surface area contributed by atoms with Gasteiger partial charge in [0, 0.05) is 13.1 Å². The molecule has 7 N–H and O–H groups in total. The molecule has 1 aromatic rings. The second kappa shape index (κ2) is 14.6. The number of nitrogens with one attached hydrogen (secondary N) is 1. The van der Waals surface area contributed by atoms with E-state index in [0.29, 0.717) is 25.9 Å².